The molecule has 0 radical (unpaired) electrons. The van der Waals surface area contributed by atoms with E-state index in [4.69, 9.17) is 11.6 Å². The largest absolute Gasteiger partial charge is 0.316 e. The Hall–Kier alpha value is -0.570. The summed E-state index contributed by atoms with van der Waals surface area (Å²) in [5.41, 5.74) is 1.51. The predicted molar refractivity (Wildman–Crippen MR) is 94.1 cm³/mol. The molecule has 120 valence electrons. The third-order valence-corrected chi connectivity index (χ3v) is 4.65. The van der Waals surface area contributed by atoms with Crippen LogP contribution in [-0.2, 0) is 0 Å². The second kappa shape index (κ2) is 8.77. The SMILES string of the molecule is CCCC(C)(CNCC)CN(C)C(C)c1ccccc1Cl. The first-order valence-corrected chi connectivity index (χ1v) is 8.46. The lowest BCUT2D eigenvalue weighted by atomic mass is 9.84. The quantitative estimate of drug-likeness (QED) is 0.708. The van der Waals surface area contributed by atoms with Gasteiger partial charge in [0.05, 0.1) is 0 Å². The van der Waals surface area contributed by atoms with Gasteiger partial charge in [0.2, 0.25) is 0 Å². The van der Waals surface area contributed by atoms with Gasteiger partial charge in [-0.25, -0.2) is 0 Å². The highest BCUT2D eigenvalue weighted by Crippen LogP contribution is 2.30. The lowest BCUT2D eigenvalue weighted by Crippen LogP contribution is -2.41. The predicted octanol–water partition coefficient (Wildman–Crippen LogP) is 4.75. The Kier molecular flexibility index (Phi) is 7.72. The van der Waals surface area contributed by atoms with Crippen LogP contribution >= 0.6 is 11.6 Å². The first-order valence-electron chi connectivity index (χ1n) is 8.09. The molecule has 0 aromatic heterocycles. The molecule has 0 aliphatic carbocycles. The van der Waals surface area contributed by atoms with Gasteiger partial charge in [0.15, 0.2) is 0 Å². The maximum atomic E-state index is 6.34. The van der Waals surface area contributed by atoms with Gasteiger partial charge in [-0.15, -0.1) is 0 Å². The van der Waals surface area contributed by atoms with Crippen molar-refractivity contribution in [3.63, 3.8) is 0 Å². The summed E-state index contributed by atoms with van der Waals surface area (Å²) in [6, 6.07) is 8.49. The van der Waals surface area contributed by atoms with Gasteiger partial charge in [0.1, 0.15) is 0 Å². The highest BCUT2D eigenvalue weighted by molar-refractivity contribution is 6.31. The topological polar surface area (TPSA) is 15.3 Å². The van der Waals surface area contributed by atoms with E-state index in [1.54, 1.807) is 0 Å². The van der Waals surface area contributed by atoms with Crippen LogP contribution in [-0.4, -0.2) is 31.6 Å². The number of benzene rings is 1. The summed E-state index contributed by atoms with van der Waals surface area (Å²) < 4.78 is 0. The van der Waals surface area contributed by atoms with Gasteiger partial charge in [-0.3, -0.25) is 4.90 Å². The van der Waals surface area contributed by atoms with Gasteiger partial charge in [0, 0.05) is 24.2 Å². The van der Waals surface area contributed by atoms with E-state index in [1.165, 1.54) is 18.4 Å². The first kappa shape index (κ1) is 18.5. The summed E-state index contributed by atoms with van der Waals surface area (Å²) in [7, 11) is 2.20. The molecule has 0 bridgehead atoms. The molecule has 0 spiro atoms. The minimum absolute atomic E-state index is 0.301. The summed E-state index contributed by atoms with van der Waals surface area (Å²) >= 11 is 6.34. The number of nitrogens with one attached hydrogen (secondary N) is 1. The van der Waals surface area contributed by atoms with Crippen LogP contribution in [0.5, 0.6) is 0 Å². The Balaban J connectivity index is 2.76. The van der Waals surface area contributed by atoms with Crippen LogP contribution in [0, 0.1) is 5.41 Å². The van der Waals surface area contributed by atoms with E-state index in [9.17, 15) is 0 Å². The Bertz CT molecular complexity index is 421. The maximum Gasteiger partial charge on any atom is 0.0453 e. The minimum atomic E-state index is 0.301. The third kappa shape index (κ3) is 5.61. The van der Waals surface area contributed by atoms with Crippen molar-refractivity contribution in [3.05, 3.63) is 34.9 Å². The summed E-state index contributed by atoms with van der Waals surface area (Å²) in [4.78, 5) is 2.42. The summed E-state index contributed by atoms with van der Waals surface area (Å²) in [5, 5.41) is 4.38. The standard InChI is InChI=1S/C18H31ClN2/c1-6-12-18(4,13-20-7-2)14-21(5)15(3)16-10-8-9-11-17(16)19/h8-11,15,20H,6-7,12-14H2,1-5H3. The van der Waals surface area contributed by atoms with Gasteiger partial charge in [-0.05, 0) is 44.0 Å². The summed E-state index contributed by atoms with van der Waals surface area (Å²) in [6.45, 7) is 12.2. The molecule has 1 aromatic rings. The smallest absolute Gasteiger partial charge is 0.0453 e. The highest BCUT2D eigenvalue weighted by atomic mass is 35.5. The van der Waals surface area contributed by atoms with Crippen LogP contribution in [0.2, 0.25) is 5.02 Å². The van der Waals surface area contributed by atoms with Crippen molar-refractivity contribution in [2.75, 3.05) is 26.7 Å². The molecule has 0 heterocycles. The zero-order valence-electron chi connectivity index (χ0n) is 14.2. The molecule has 0 aliphatic heterocycles. The molecular formula is C18H31ClN2. The van der Waals surface area contributed by atoms with Crippen LogP contribution in [0.1, 0.15) is 52.1 Å². The molecule has 0 fully saturated rings. The lowest BCUT2D eigenvalue weighted by molar-refractivity contribution is 0.143. The number of nitrogens with zero attached hydrogens (tertiary/aromatic N) is 1. The molecule has 0 aliphatic rings. The molecule has 1 N–H and O–H groups in total. The fraction of sp³-hybridized carbons (Fsp3) is 0.667. The van der Waals surface area contributed by atoms with Crippen LogP contribution < -0.4 is 5.32 Å². The Morgan fingerprint density at radius 3 is 2.52 bits per heavy atom. The molecule has 2 unspecified atom stereocenters. The molecular weight excluding hydrogens is 280 g/mol. The molecule has 2 atom stereocenters. The van der Waals surface area contributed by atoms with Crippen molar-refractivity contribution in [2.24, 2.45) is 5.41 Å². The van der Waals surface area contributed by atoms with Crippen molar-refractivity contribution in [3.8, 4) is 0 Å². The van der Waals surface area contributed by atoms with Gasteiger partial charge >= 0.3 is 0 Å². The number of hydrogen-bond acceptors (Lipinski definition) is 2. The second-order valence-corrected chi connectivity index (χ2v) is 6.86. The van der Waals surface area contributed by atoms with Crippen LogP contribution in [0.4, 0.5) is 0 Å². The van der Waals surface area contributed by atoms with E-state index in [2.05, 4.69) is 57.1 Å². The zero-order valence-corrected chi connectivity index (χ0v) is 15.0. The van der Waals surface area contributed by atoms with E-state index in [1.807, 2.05) is 12.1 Å². The normalized spacial score (nSPS) is 16.0. The molecule has 0 saturated carbocycles. The van der Waals surface area contributed by atoms with E-state index in [-0.39, 0.29) is 0 Å². The summed E-state index contributed by atoms with van der Waals surface area (Å²) in [6.07, 6.45) is 2.45. The number of halogens is 1. The van der Waals surface area contributed by atoms with Gasteiger partial charge in [-0.2, -0.15) is 0 Å². The maximum absolute atomic E-state index is 6.34. The van der Waals surface area contributed by atoms with Gasteiger partial charge in [-0.1, -0.05) is 57.0 Å². The van der Waals surface area contributed by atoms with Crippen molar-refractivity contribution in [1.82, 2.24) is 10.2 Å². The zero-order chi connectivity index (χ0) is 15.9. The van der Waals surface area contributed by atoms with Gasteiger partial charge in [0.25, 0.3) is 0 Å². The average molecular weight is 311 g/mol. The Morgan fingerprint density at radius 2 is 1.95 bits per heavy atom. The molecule has 0 amide bonds. The van der Waals surface area contributed by atoms with Crippen molar-refractivity contribution in [1.29, 1.82) is 0 Å². The lowest BCUT2D eigenvalue weighted by Gasteiger charge is -2.37. The molecule has 0 saturated heterocycles. The fourth-order valence-corrected chi connectivity index (χ4v) is 3.34. The van der Waals surface area contributed by atoms with Crippen LogP contribution in [0.15, 0.2) is 24.3 Å². The number of hydrogen-bond donors (Lipinski definition) is 1. The monoisotopic (exact) mass is 310 g/mol. The van der Waals surface area contributed by atoms with E-state index >= 15 is 0 Å². The van der Waals surface area contributed by atoms with Crippen molar-refractivity contribution >= 4 is 11.6 Å². The van der Waals surface area contributed by atoms with E-state index < -0.39 is 0 Å². The molecule has 3 heteroatoms. The average Bonchev–Trinajstić information content (AvgIpc) is 2.45. The van der Waals surface area contributed by atoms with E-state index in [0.717, 1.165) is 24.7 Å². The van der Waals surface area contributed by atoms with E-state index in [0.29, 0.717) is 11.5 Å². The molecule has 1 rings (SSSR count). The molecule has 21 heavy (non-hydrogen) atoms. The minimum Gasteiger partial charge on any atom is -0.316 e. The second-order valence-electron chi connectivity index (χ2n) is 6.45. The third-order valence-electron chi connectivity index (χ3n) is 4.30. The fourth-order valence-electron chi connectivity index (χ4n) is 3.04. The van der Waals surface area contributed by atoms with Crippen LogP contribution in [0.3, 0.4) is 0 Å². The van der Waals surface area contributed by atoms with Crippen molar-refractivity contribution in [2.45, 2.75) is 46.6 Å². The van der Waals surface area contributed by atoms with Crippen molar-refractivity contribution < 1.29 is 0 Å². The summed E-state index contributed by atoms with van der Waals surface area (Å²) in [5.74, 6) is 0. The molecule has 2 nitrogen and oxygen atoms in total. The van der Waals surface area contributed by atoms with Crippen LogP contribution in [0.25, 0.3) is 0 Å². The highest BCUT2D eigenvalue weighted by Gasteiger charge is 2.27. The Labute approximate surface area is 135 Å². The Morgan fingerprint density at radius 1 is 1.29 bits per heavy atom. The van der Waals surface area contributed by atoms with Gasteiger partial charge < -0.3 is 5.32 Å². The first-order chi connectivity index (χ1) is 9.93. The molecule has 1 aromatic carbocycles. The number of rotatable bonds is 9.